The molecule has 2 aromatic carbocycles. The summed E-state index contributed by atoms with van der Waals surface area (Å²) in [6.45, 7) is 1.12. The lowest BCUT2D eigenvalue weighted by atomic mass is 10.1. The van der Waals surface area contributed by atoms with Gasteiger partial charge in [-0.15, -0.1) is 0 Å². The fraction of sp³-hybridized carbons (Fsp3) is 0.278. The maximum atomic E-state index is 13.6. The lowest BCUT2D eigenvalue weighted by Gasteiger charge is -2.15. The third kappa shape index (κ3) is 3.91. The highest BCUT2D eigenvalue weighted by Crippen LogP contribution is 2.21. The summed E-state index contributed by atoms with van der Waals surface area (Å²) in [7, 11) is -3.49. The maximum absolute atomic E-state index is 13.6. The predicted octanol–water partition coefficient (Wildman–Crippen LogP) is 2.68. The molecule has 1 N–H and O–H groups in total. The molecule has 1 saturated heterocycles. The molecule has 5 nitrogen and oxygen atoms in total. The first-order chi connectivity index (χ1) is 12.4. The van der Waals surface area contributed by atoms with Crippen LogP contribution in [0.5, 0.6) is 0 Å². The van der Waals surface area contributed by atoms with E-state index in [1.54, 1.807) is 12.1 Å². The number of halogens is 2. The van der Waals surface area contributed by atoms with E-state index >= 15 is 0 Å². The number of nitrogens with zero attached hydrogens (tertiary/aromatic N) is 1. The fourth-order valence-corrected chi connectivity index (χ4v) is 4.32. The van der Waals surface area contributed by atoms with Crippen LogP contribution >= 0.6 is 0 Å². The Morgan fingerprint density at radius 2 is 1.69 bits per heavy atom. The molecule has 0 bridgehead atoms. The minimum absolute atomic E-state index is 0.0683. The SMILES string of the molecule is O=C(NCc1ccc(S(=O)(=O)N2CCCC2)cc1)c1cc(F)ccc1F. The van der Waals surface area contributed by atoms with Crippen LogP contribution in [0, 0.1) is 11.6 Å². The van der Waals surface area contributed by atoms with Gasteiger partial charge in [0.1, 0.15) is 11.6 Å². The van der Waals surface area contributed by atoms with Gasteiger partial charge < -0.3 is 5.32 Å². The second-order valence-corrected chi connectivity index (χ2v) is 8.00. The Hall–Kier alpha value is -2.32. The Morgan fingerprint density at radius 3 is 2.35 bits per heavy atom. The van der Waals surface area contributed by atoms with Crippen molar-refractivity contribution < 1.29 is 22.0 Å². The van der Waals surface area contributed by atoms with Gasteiger partial charge >= 0.3 is 0 Å². The molecule has 2 aromatic rings. The van der Waals surface area contributed by atoms with Gasteiger partial charge in [-0.05, 0) is 48.7 Å². The third-order valence-corrected chi connectivity index (χ3v) is 6.17. The van der Waals surface area contributed by atoms with Crippen LogP contribution in [-0.4, -0.2) is 31.7 Å². The monoisotopic (exact) mass is 380 g/mol. The van der Waals surface area contributed by atoms with Gasteiger partial charge in [-0.1, -0.05) is 12.1 Å². The lowest BCUT2D eigenvalue weighted by molar-refractivity contribution is 0.0946. The number of nitrogens with one attached hydrogen (secondary N) is 1. The van der Waals surface area contributed by atoms with Gasteiger partial charge in [0.05, 0.1) is 10.5 Å². The van der Waals surface area contributed by atoms with Crippen molar-refractivity contribution in [3.05, 3.63) is 65.2 Å². The highest BCUT2D eigenvalue weighted by atomic mass is 32.2. The van der Waals surface area contributed by atoms with Gasteiger partial charge in [0.2, 0.25) is 10.0 Å². The molecule has 3 rings (SSSR count). The summed E-state index contributed by atoms with van der Waals surface area (Å²) in [5.41, 5.74) is 0.272. The standard InChI is InChI=1S/C18H18F2N2O3S/c19-14-5-8-17(20)16(11-14)18(23)21-12-13-3-6-15(7-4-13)26(24,25)22-9-1-2-10-22/h3-8,11H,1-2,9-10,12H2,(H,21,23). The number of hydrogen-bond donors (Lipinski definition) is 1. The van der Waals surface area contributed by atoms with Crippen LogP contribution in [0.15, 0.2) is 47.4 Å². The van der Waals surface area contributed by atoms with Crippen LogP contribution in [0.25, 0.3) is 0 Å². The molecule has 1 aliphatic rings. The molecule has 0 radical (unpaired) electrons. The number of hydrogen-bond acceptors (Lipinski definition) is 3. The first-order valence-electron chi connectivity index (χ1n) is 8.20. The molecule has 1 fully saturated rings. The van der Waals surface area contributed by atoms with E-state index in [0.717, 1.165) is 31.0 Å². The first kappa shape index (κ1) is 18.5. The molecule has 0 atom stereocenters. The number of rotatable bonds is 5. The quantitative estimate of drug-likeness (QED) is 0.867. The Morgan fingerprint density at radius 1 is 1.04 bits per heavy atom. The van der Waals surface area contributed by atoms with E-state index in [0.29, 0.717) is 18.7 Å². The summed E-state index contributed by atoms with van der Waals surface area (Å²) >= 11 is 0. The number of amides is 1. The summed E-state index contributed by atoms with van der Waals surface area (Å²) in [6.07, 6.45) is 1.72. The van der Waals surface area contributed by atoms with Gasteiger partial charge in [0.15, 0.2) is 0 Å². The van der Waals surface area contributed by atoms with Crippen molar-refractivity contribution in [1.29, 1.82) is 0 Å². The molecule has 26 heavy (non-hydrogen) atoms. The smallest absolute Gasteiger partial charge is 0.254 e. The summed E-state index contributed by atoms with van der Waals surface area (Å²) in [6, 6.07) is 8.80. The number of sulfonamides is 1. The summed E-state index contributed by atoms with van der Waals surface area (Å²) < 4.78 is 53.1. The van der Waals surface area contributed by atoms with Crippen molar-refractivity contribution in [2.75, 3.05) is 13.1 Å². The summed E-state index contributed by atoms with van der Waals surface area (Å²) in [4.78, 5) is 12.2. The molecular formula is C18H18F2N2O3S. The topological polar surface area (TPSA) is 66.5 Å². The van der Waals surface area contributed by atoms with Crippen molar-refractivity contribution in [2.24, 2.45) is 0 Å². The Balaban J connectivity index is 1.66. The number of benzene rings is 2. The number of carbonyl (C=O) groups is 1. The van der Waals surface area contributed by atoms with Crippen LogP contribution in [0.4, 0.5) is 8.78 Å². The highest BCUT2D eigenvalue weighted by Gasteiger charge is 2.26. The second-order valence-electron chi connectivity index (χ2n) is 6.06. The van der Waals surface area contributed by atoms with Crippen LogP contribution < -0.4 is 5.32 Å². The van der Waals surface area contributed by atoms with Crippen molar-refractivity contribution in [3.8, 4) is 0 Å². The summed E-state index contributed by atoms with van der Waals surface area (Å²) in [5.74, 6) is -2.25. The first-order valence-corrected chi connectivity index (χ1v) is 9.64. The van der Waals surface area contributed by atoms with E-state index in [9.17, 15) is 22.0 Å². The number of carbonyl (C=O) groups excluding carboxylic acids is 1. The average Bonchev–Trinajstić information content (AvgIpc) is 3.17. The fourth-order valence-electron chi connectivity index (χ4n) is 2.81. The average molecular weight is 380 g/mol. The zero-order valence-electron chi connectivity index (χ0n) is 13.9. The van der Waals surface area contributed by atoms with E-state index in [1.165, 1.54) is 16.4 Å². The van der Waals surface area contributed by atoms with E-state index in [2.05, 4.69) is 5.32 Å². The second kappa shape index (κ2) is 7.51. The minimum atomic E-state index is -3.49. The van der Waals surface area contributed by atoms with Gasteiger partial charge in [0, 0.05) is 19.6 Å². The zero-order valence-corrected chi connectivity index (χ0v) is 14.7. The molecule has 138 valence electrons. The molecule has 1 aliphatic heterocycles. The minimum Gasteiger partial charge on any atom is -0.348 e. The molecule has 0 unspecified atom stereocenters. The van der Waals surface area contributed by atoms with E-state index in [-0.39, 0.29) is 17.0 Å². The molecule has 0 aromatic heterocycles. The highest BCUT2D eigenvalue weighted by molar-refractivity contribution is 7.89. The van der Waals surface area contributed by atoms with Gasteiger partial charge in [0.25, 0.3) is 5.91 Å². The van der Waals surface area contributed by atoms with Crippen molar-refractivity contribution >= 4 is 15.9 Å². The molecule has 0 spiro atoms. The maximum Gasteiger partial charge on any atom is 0.254 e. The molecule has 0 saturated carbocycles. The predicted molar refractivity (Wildman–Crippen MR) is 92.0 cm³/mol. The van der Waals surface area contributed by atoms with E-state index < -0.39 is 27.6 Å². The Labute approximate surface area is 150 Å². The van der Waals surface area contributed by atoms with E-state index in [1.807, 2.05) is 0 Å². The molecule has 1 amide bonds. The van der Waals surface area contributed by atoms with Gasteiger partial charge in [-0.3, -0.25) is 4.79 Å². The van der Waals surface area contributed by atoms with Crippen LogP contribution in [0.1, 0.15) is 28.8 Å². The van der Waals surface area contributed by atoms with Gasteiger partial charge in [-0.2, -0.15) is 4.31 Å². The Kier molecular flexibility index (Phi) is 5.33. The van der Waals surface area contributed by atoms with Crippen LogP contribution in [0.2, 0.25) is 0 Å². The molecule has 8 heteroatoms. The summed E-state index contributed by atoms with van der Waals surface area (Å²) in [5, 5.41) is 2.49. The van der Waals surface area contributed by atoms with Crippen LogP contribution in [-0.2, 0) is 16.6 Å². The molecular weight excluding hydrogens is 362 g/mol. The van der Waals surface area contributed by atoms with Crippen molar-refractivity contribution in [3.63, 3.8) is 0 Å². The third-order valence-electron chi connectivity index (χ3n) is 4.25. The van der Waals surface area contributed by atoms with Crippen LogP contribution in [0.3, 0.4) is 0 Å². The normalized spacial score (nSPS) is 15.2. The zero-order chi connectivity index (χ0) is 18.7. The van der Waals surface area contributed by atoms with Gasteiger partial charge in [-0.25, -0.2) is 17.2 Å². The largest absolute Gasteiger partial charge is 0.348 e. The van der Waals surface area contributed by atoms with E-state index in [4.69, 9.17) is 0 Å². The van der Waals surface area contributed by atoms with Crippen molar-refractivity contribution in [1.82, 2.24) is 9.62 Å². The molecule has 1 heterocycles. The van der Waals surface area contributed by atoms with Crippen molar-refractivity contribution in [2.45, 2.75) is 24.3 Å². The lowest BCUT2D eigenvalue weighted by Crippen LogP contribution is -2.28. The molecule has 0 aliphatic carbocycles. The Bertz CT molecular complexity index is 909.